The molecule has 0 aromatic carbocycles. The Morgan fingerprint density at radius 2 is 1.91 bits per heavy atom. The van der Waals surface area contributed by atoms with Crippen molar-refractivity contribution in [2.75, 3.05) is 19.7 Å². The molecule has 2 amide bonds. The van der Waals surface area contributed by atoms with Crippen molar-refractivity contribution in [3.63, 3.8) is 0 Å². The summed E-state index contributed by atoms with van der Waals surface area (Å²) in [6, 6.07) is 0.196. The van der Waals surface area contributed by atoms with E-state index in [2.05, 4.69) is 10.6 Å². The molecule has 0 aromatic heterocycles. The van der Waals surface area contributed by atoms with Gasteiger partial charge in [0.1, 0.15) is 6.10 Å². The van der Waals surface area contributed by atoms with Crippen molar-refractivity contribution in [3.05, 3.63) is 0 Å². The van der Waals surface area contributed by atoms with E-state index >= 15 is 0 Å². The van der Waals surface area contributed by atoms with Crippen LogP contribution in [0, 0.1) is 23.2 Å². The molecular formula is C16H25N3O3. The molecular weight excluding hydrogens is 282 g/mol. The molecule has 1 heterocycles. The number of hydrogen-bond donors (Lipinski definition) is 3. The number of hydrogen-bond acceptors (Lipinski definition) is 4. The van der Waals surface area contributed by atoms with E-state index in [0.717, 1.165) is 38.6 Å². The van der Waals surface area contributed by atoms with Crippen LogP contribution in [-0.2, 0) is 14.3 Å². The van der Waals surface area contributed by atoms with Crippen molar-refractivity contribution in [2.45, 2.75) is 44.2 Å². The Bertz CT molecular complexity index is 473. The molecule has 1 aliphatic heterocycles. The van der Waals surface area contributed by atoms with Crippen LogP contribution < -0.4 is 16.4 Å². The van der Waals surface area contributed by atoms with Crippen LogP contribution in [0.3, 0.4) is 0 Å². The summed E-state index contributed by atoms with van der Waals surface area (Å²) in [7, 11) is 0. The zero-order valence-electron chi connectivity index (χ0n) is 12.8. The first-order valence-corrected chi connectivity index (χ1v) is 8.50. The van der Waals surface area contributed by atoms with Gasteiger partial charge in [-0.15, -0.1) is 0 Å². The third-order valence-electron chi connectivity index (χ3n) is 6.32. The molecule has 5 aliphatic rings. The molecule has 0 aromatic rings. The highest BCUT2D eigenvalue weighted by molar-refractivity contribution is 5.83. The van der Waals surface area contributed by atoms with Gasteiger partial charge in [-0.05, 0) is 49.9 Å². The summed E-state index contributed by atoms with van der Waals surface area (Å²) in [6.45, 7) is 1.98. The SMILES string of the molecule is NC(=O)C12CC3CC(C1)C(NC(=O)[C@@H]1CNCCO1)C(C3)C2. The molecule has 0 spiro atoms. The summed E-state index contributed by atoms with van der Waals surface area (Å²) in [5.74, 6) is 1.29. The number of carbonyl (C=O) groups is 2. The van der Waals surface area contributed by atoms with Gasteiger partial charge in [0.15, 0.2) is 0 Å². The Hall–Kier alpha value is -1.14. The fourth-order valence-electron chi connectivity index (χ4n) is 5.55. The second kappa shape index (κ2) is 5.20. The third-order valence-corrected chi connectivity index (χ3v) is 6.32. The van der Waals surface area contributed by atoms with E-state index in [-0.39, 0.29) is 29.4 Å². The summed E-state index contributed by atoms with van der Waals surface area (Å²) in [4.78, 5) is 24.4. The van der Waals surface area contributed by atoms with Crippen molar-refractivity contribution >= 4 is 11.8 Å². The first-order valence-electron chi connectivity index (χ1n) is 8.50. The predicted octanol–water partition coefficient (Wildman–Crippen LogP) is -0.229. The minimum Gasteiger partial charge on any atom is -0.369 e. The molecule has 1 saturated heterocycles. The molecule has 6 heteroatoms. The van der Waals surface area contributed by atoms with E-state index in [1.165, 1.54) is 0 Å². The number of nitrogens with two attached hydrogens (primary N) is 1. The van der Waals surface area contributed by atoms with E-state index in [4.69, 9.17) is 10.5 Å². The van der Waals surface area contributed by atoms with Gasteiger partial charge in [0, 0.05) is 24.5 Å². The summed E-state index contributed by atoms with van der Waals surface area (Å²) < 4.78 is 5.54. The topological polar surface area (TPSA) is 93.5 Å². The van der Waals surface area contributed by atoms with Crippen LogP contribution in [0.5, 0.6) is 0 Å². The minimum absolute atomic E-state index is 0.00204. The van der Waals surface area contributed by atoms with Gasteiger partial charge in [-0.1, -0.05) is 0 Å². The van der Waals surface area contributed by atoms with Crippen molar-refractivity contribution in [3.8, 4) is 0 Å². The highest BCUT2D eigenvalue weighted by atomic mass is 16.5. The van der Waals surface area contributed by atoms with Crippen LogP contribution in [-0.4, -0.2) is 43.7 Å². The highest BCUT2D eigenvalue weighted by Gasteiger charge is 2.58. The average Bonchev–Trinajstić information content (AvgIpc) is 2.51. The smallest absolute Gasteiger partial charge is 0.250 e. The first-order chi connectivity index (χ1) is 10.6. The van der Waals surface area contributed by atoms with Crippen LogP contribution in [0.4, 0.5) is 0 Å². The van der Waals surface area contributed by atoms with Gasteiger partial charge < -0.3 is 21.1 Å². The lowest BCUT2D eigenvalue weighted by atomic mass is 9.47. The van der Waals surface area contributed by atoms with E-state index in [0.29, 0.717) is 30.9 Å². The van der Waals surface area contributed by atoms with E-state index in [1.807, 2.05) is 0 Å². The lowest BCUT2D eigenvalue weighted by Crippen LogP contribution is -2.63. The lowest BCUT2D eigenvalue weighted by molar-refractivity contribution is -0.150. The van der Waals surface area contributed by atoms with Gasteiger partial charge in [0.05, 0.1) is 6.61 Å². The molecule has 4 aliphatic carbocycles. The largest absolute Gasteiger partial charge is 0.369 e. The number of nitrogens with one attached hydrogen (secondary N) is 2. The fraction of sp³-hybridized carbons (Fsp3) is 0.875. The second-order valence-electron chi connectivity index (χ2n) is 7.71. The highest BCUT2D eigenvalue weighted by Crippen LogP contribution is 2.59. The number of ether oxygens (including phenoxy) is 1. The molecule has 5 fully saturated rings. The van der Waals surface area contributed by atoms with Crippen molar-refractivity contribution < 1.29 is 14.3 Å². The number of amides is 2. The number of rotatable bonds is 3. The Labute approximate surface area is 130 Å². The maximum atomic E-state index is 12.4. The normalized spacial score (nSPS) is 46.5. The maximum absolute atomic E-state index is 12.4. The van der Waals surface area contributed by atoms with Gasteiger partial charge in [0.2, 0.25) is 5.91 Å². The molecule has 0 radical (unpaired) electrons. The number of primary amides is 1. The number of morpholine rings is 1. The zero-order chi connectivity index (χ0) is 15.3. The summed E-state index contributed by atoms with van der Waals surface area (Å²) in [6.07, 6.45) is 4.54. The van der Waals surface area contributed by atoms with E-state index in [9.17, 15) is 9.59 Å². The quantitative estimate of drug-likeness (QED) is 0.671. The molecule has 3 atom stereocenters. The molecule has 22 heavy (non-hydrogen) atoms. The molecule has 6 nitrogen and oxygen atoms in total. The maximum Gasteiger partial charge on any atom is 0.250 e. The summed E-state index contributed by atoms with van der Waals surface area (Å²) >= 11 is 0. The molecule has 122 valence electrons. The van der Waals surface area contributed by atoms with E-state index in [1.54, 1.807) is 0 Å². The fourth-order valence-corrected chi connectivity index (χ4v) is 5.55. The van der Waals surface area contributed by atoms with Crippen molar-refractivity contribution in [1.29, 1.82) is 0 Å². The second-order valence-corrected chi connectivity index (χ2v) is 7.71. The van der Waals surface area contributed by atoms with Crippen molar-refractivity contribution in [1.82, 2.24) is 10.6 Å². The van der Waals surface area contributed by atoms with Gasteiger partial charge in [0.25, 0.3) is 5.91 Å². The molecule has 4 saturated carbocycles. The Morgan fingerprint density at radius 3 is 2.50 bits per heavy atom. The molecule has 4 N–H and O–H groups in total. The molecule has 4 bridgehead atoms. The standard InChI is InChI=1S/C16H25N3O3/c17-15(21)16-5-9-3-10(6-16)13(11(4-9)7-16)19-14(20)12-8-18-1-2-22-12/h9-13,18H,1-8H2,(H2,17,21)(H,19,20)/t9?,10?,11?,12-,13?,16?/m0/s1. The van der Waals surface area contributed by atoms with Crippen molar-refractivity contribution in [2.24, 2.45) is 28.9 Å². The Kier molecular flexibility index (Phi) is 3.42. The van der Waals surface area contributed by atoms with Crippen LogP contribution >= 0.6 is 0 Å². The van der Waals surface area contributed by atoms with E-state index < -0.39 is 0 Å². The Balaban J connectivity index is 1.46. The van der Waals surface area contributed by atoms with Crippen LogP contribution in [0.2, 0.25) is 0 Å². The Morgan fingerprint density at radius 1 is 1.18 bits per heavy atom. The minimum atomic E-state index is -0.379. The van der Waals surface area contributed by atoms with Crippen LogP contribution in [0.1, 0.15) is 32.1 Å². The molecule has 2 unspecified atom stereocenters. The molecule has 5 rings (SSSR count). The monoisotopic (exact) mass is 307 g/mol. The lowest BCUT2D eigenvalue weighted by Gasteiger charge is -2.58. The van der Waals surface area contributed by atoms with Gasteiger partial charge >= 0.3 is 0 Å². The predicted molar refractivity (Wildman–Crippen MR) is 79.7 cm³/mol. The third kappa shape index (κ3) is 2.24. The van der Waals surface area contributed by atoms with Crippen LogP contribution in [0.15, 0.2) is 0 Å². The van der Waals surface area contributed by atoms with Gasteiger partial charge in [-0.25, -0.2) is 0 Å². The summed E-state index contributed by atoms with van der Waals surface area (Å²) in [5.41, 5.74) is 5.41. The first kappa shape index (κ1) is 14.5. The van der Waals surface area contributed by atoms with Gasteiger partial charge in [-0.2, -0.15) is 0 Å². The number of carbonyl (C=O) groups excluding carboxylic acids is 2. The zero-order valence-corrected chi connectivity index (χ0v) is 12.8. The average molecular weight is 307 g/mol. The van der Waals surface area contributed by atoms with Crippen LogP contribution in [0.25, 0.3) is 0 Å². The summed E-state index contributed by atoms with van der Waals surface area (Å²) in [5, 5.41) is 6.42. The van der Waals surface area contributed by atoms with Gasteiger partial charge in [-0.3, -0.25) is 9.59 Å².